The molecule has 0 bridgehead atoms. The molecule has 1 heterocycles. The van der Waals surface area contributed by atoms with E-state index in [0.717, 1.165) is 0 Å². The molecule has 0 spiro atoms. The molecule has 2 aromatic rings. The molecule has 3 rings (SSSR count). The molecule has 0 fully saturated rings. The van der Waals surface area contributed by atoms with E-state index in [1.807, 2.05) is 13.8 Å². The minimum absolute atomic E-state index is 0.000647. The van der Waals surface area contributed by atoms with Gasteiger partial charge in [0.15, 0.2) is 6.61 Å². The molecule has 0 saturated carbocycles. The molecule has 25 heavy (non-hydrogen) atoms. The third-order valence-electron chi connectivity index (χ3n) is 3.83. The fraction of sp³-hybridized carbons (Fsp3) is 0.263. The van der Waals surface area contributed by atoms with Gasteiger partial charge < -0.3 is 15.0 Å². The molecule has 0 saturated heterocycles. The number of ether oxygens (including phenoxy) is 1. The third-order valence-corrected chi connectivity index (χ3v) is 3.83. The van der Waals surface area contributed by atoms with Crippen LogP contribution in [0.2, 0.25) is 0 Å². The van der Waals surface area contributed by atoms with E-state index in [9.17, 15) is 14.0 Å². The lowest BCUT2D eigenvalue weighted by molar-refractivity contribution is -0.121. The van der Waals surface area contributed by atoms with Crippen molar-refractivity contribution in [1.29, 1.82) is 0 Å². The molecule has 0 atom stereocenters. The first kappa shape index (κ1) is 17.0. The van der Waals surface area contributed by atoms with Gasteiger partial charge >= 0.3 is 0 Å². The minimum Gasteiger partial charge on any atom is -0.482 e. The first-order valence-corrected chi connectivity index (χ1v) is 8.09. The zero-order chi connectivity index (χ0) is 18.0. The average molecular weight is 342 g/mol. The Morgan fingerprint density at radius 1 is 1.28 bits per heavy atom. The second kappa shape index (κ2) is 6.93. The van der Waals surface area contributed by atoms with Crippen LogP contribution in [0.25, 0.3) is 0 Å². The van der Waals surface area contributed by atoms with E-state index >= 15 is 0 Å². The summed E-state index contributed by atoms with van der Waals surface area (Å²) in [7, 11) is 0. The number of hydrogen-bond donors (Lipinski definition) is 1. The maximum absolute atomic E-state index is 13.7. The maximum Gasteiger partial charge on any atom is 0.265 e. The number of nitrogens with one attached hydrogen (secondary N) is 1. The monoisotopic (exact) mass is 342 g/mol. The van der Waals surface area contributed by atoms with E-state index in [0.29, 0.717) is 23.7 Å². The van der Waals surface area contributed by atoms with Gasteiger partial charge in [-0.05, 0) is 36.2 Å². The molecule has 0 unspecified atom stereocenters. The van der Waals surface area contributed by atoms with Gasteiger partial charge in [-0.1, -0.05) is 26.0 Å². The van der Waals surface area contributed by atoms with Crippen molar-refractivity contribution in [3.05, 3.63) is 53.8 Å². The molecule has 2 amide bonds. The molecular weight excluding hydrogens is 323 g/mol. The van der Waals surface area contributed by atoms with E-state index in [-0.39, 0.29) is 24.0 Å². The van der Waals surface area contributed by atoms with Crippen LogP contribution in [0.5, 0.6) is 5.75 Å². The average Bonchev–Trinajstić information content (AvgIpc) is 2.57. The lowest BCUT2D eigenvalue weighted by atomic mass is 10.1. The van der Waals surface area contributed by atoms with Crippen molar-refractivity contribution in [2.45, 2.75) is 13.8 Å². The summed E-state index contributed by atoms with van der Waals surface area (Å²) in [6.07, 6.45) is 0. The van der Waals surface area contributed by atoms with Gasteiger partial charge in [-0.25, -0.2) is 4.39 Å². The van der Waals surface area contributed by atoms with Gasteiger partial charge in [0.1, 0.15) is 11.6 Å². The molecule has 1 aliphatic rings. The van der Waals surface area contributed by atoms with Gasteiger partial charge in [0.2, 0.25) is 0 Å². The van der Waals surface area contributed by atoms with E-state index in [1.165, 1.54) is 18.2 Å². The second-order valence-corrected chi connectivity index (χ2v) is 6.30. The molecule has 1 aliphatic heterocycles. The highest BCUT2D eigenvalue weighted by Crippen LogP contribution is 2.35. The van der Waals surface area contributed by atoms with Gasteiger partial charge in [0.05, 0.1) is 11.3 Å². The number of anilines is 2. The van der Waals surface area contributed by atoms with E-state index in [4.69, 9.17) is 4.74 Å². The van der Waals surface area contributed by atoms with Crippen molar-refractivity contribution >= 4 is 23.2 Å². The SMILES string of the molecule is CC(C)CN1C(=O)COc2ccc(NC(=O)c3ccccc3F)cc21. The summed E-state index contributed by atoms with van der Waals surface area (Å²) < 4.78 is 19.2. The Balaban J connectivity index is 1.87. The first-order valence-electron chi connectivity index (χ1n) is 8.09. The van der Waals surface area contributed by atoms with E-state index in [1.54, 1.807) is 29.2 Å². The lowest BCUT2D eigenvalue weighted by Crippen LogP contribution is -2.41. The van der Waals surface area contributed by atoms with Crippen LogP contribution in [0.4, 0.5) is 15.8 Å². The van der Waals surface area contributed by atoms with Crippen LogP contribution in [-0.4, -0.2) is 25.0 Å². The van der Waals surface area contributed by atoms with Gasteiger partial charge in [0.25, 0.3) is 11.8 Å². The summed E-state index contributed by atoms with van der Waals surface area (Å²) in [6, 6.07) is 10.8. The van der Waals surface area contributed by atoms with Crippen LogP contribution in [-0.2, 0) is 4.79 Å². The van der Waals surface area contributed by atoms with Crippen molar-refractivity contribution in [2.75, 3.05) is 23.4 Å². The summed E-state index contributed by atoms with van der Waals surface area (Å²) in [5.41, 5.74) is 1.04. The highest BCUT2D eigenvalue weighted by molar-refractivity contribution is 6.05. The standard InChI is InChI=1S/C19H19FN2O3/c1-12(2)10-22-16-9-13(7-8-17(16)25-11-18(22)23)21-19(24)14-5-3-4-6-15(14)20/h3-9,12H,10-11H2,1-2H3,(H,21,24). The van der Waals surface area contributed by atoms with Crippen molar-refractivity contribution in [3.8, 4) is 5.75 Å². The number of amides is 2. The molecule has 130 valence electrons. The Bertz CT molecular complexity index is 820. The quantitative estimate of drug-likeness (QED) is 0.926. The Hall–Kier alpha value is -2.89. The van der Waals surface area contributed by atoms with Crippen LogP contribution in [0.3, 0.4) is 0 Å². The number of carbonyl (C=O) groups excluding carboxylic acids is 2. The molecular formula is C19H19FN2O3. The summed E-state index contributed by atoms with van der Waals surface area (Å²) in [4.78, 5) is 26.1. The van der Waals surface area contributed by atoms with Crippen LogP contribution in [0.1, 0.15) is 24.2 Å². The molecule has 0 aliphatic carbocycles. The van der Waals surface area contributed by atoms with Gasteiger partial charge in [-0.2, -0.15) is 0 Å². The summed E-state index contributed by atoms with van der Waals surface area (Å²) in [5.74, 6) is -0.385. The largest absolute Gasteiger partial charge is 0.482 e. The van der Waals surface area contributed by atoms with E-state index in [2.05, 4.69) is 5.32 Å². The predicted molar refractivity (Wildman–Crippen MR) is 93.5 cm³/mol. The number of rotatable bonds is 4. The topological polar surface area (TPSA) is 58.6 Å². The number of fused-ring (bicyclic) bond motifs is 1. The minimum atomic E-state index is -0.585. The van der Waals surface area contributed by atoms with Crippen LogP contribution in [0.15, 0.2) is 42.5 Å². The smallest absolute Gasteiger partial charge is 0.265 e. The van der Waals surface area contributed by atoms with Crippen molar-refractivity contribution in [3.63, 3.8) is 0 Å². The molecule has 2 aromatic carbocycles. The number of halogens is 1. The Morgan fingerprint density at radius 3 is 2.76 bits per heavy atom. The van der Waals surface area contributed by atoms with Crippen molar-refractivity contribution in [2.24, 2.45) is 5.92 Å². The van der Waals surface area contributed by atoms with Crippen molar-refractivity contribution < 1.29 is 18.7 Å². The highest BCUT2D eigenvalue weighted by Gasteiger charge is 2.26. The number of benzene rings is 2. The predicted octanol–water partition coefficient (Wildman–Crippen LogP) is 3.46. The normalized spacial score (nSPS) is 13.4. The highest BCUT2D eigenvalue weighted by atomic mass is 19.1. The summed E-state index contributed by atoms with van der Waals surface area (Å²) in [5, 5.41) is 2.67. The van der Waals surface area contributed by atoms with Crippen LogP contribution >= 0.6 is 0 Å². The number of hydrogen-bond acceptors (Lipinski definition) is 3. The Morgan fingerprint density at radius 2 is 2.04 bits per heavy atom. The Kier molecular flexibility index (Phi) is 4.70. The summed E-state index contributed by atoms with van der Waals surface area (Å²) in [6.45, 7) is 4.60. The first-order chi connectivity index (χ1) is 12.0. The zero-order valence-electron chi connectivity index (χ0n) is 14.1. The van der Waals surface area contributed by atoms with E-state index < -0.39 is 11.7 Å². The molecule has 6 heteroatoms. The molecule has 5 nitrogen and oxygen atoms in total. The van der Waals surface area contributed by atoms with Crippen molar-refractivity contribution in [1.82, 2.24) is 0 Å². The summed E-state index contributed by atoms with van der Waals surface area (Å²) >= 11 is 0. The third kappa shape index (κ3) is 3.63. The Labute approximate surface area is 145 Å². The zero-order valence-corrected chi connectivity index (χ0v) is 14.1. The fourth-order valence-corrected chi connectivity index (χ4v) is 2.69. The second-order valence-electron chi connectivity index (χ2n) is 6.30. The van der Waals surface area contributed by atoms with Gasteiger partial charge in [-0.15, -0.1) is 0 Å². The number of nitrogens with zero attached hydrogens (tertiary/aromatic N) is 1. The maximum atomic E-state index is 13.7. The fourth-order valence-electron chi connectivity index (χ4n) is 2.69. The van der Waals surface area contributed by atoms with Gasteiger partial charge in [0, 0.05) is 12.2 Å². The number of carbonyl (C=O) groups is 2. The van der Waals surface area contributed by atoms with Crippen LogP contribution < -0.4 is 15.0 Å². The molecule has 0 aromatic heterocycles. The molecule has 1 N–H and O–H groups in total. The van der Waals surface area contributed by atoms with Crippen LogP contribution in [0, 0.1) is 11.7 Å². The molecule has 0 radical (unpaired) electrons. The lowest BCUT2D eigenvalue weighted by Gasteiger charge is -2.31. The van der Waals surface area contributed by atoms with Gasteiger partial charge in [-0.3, -0.25) is 9.59 Å².